The van der Waals surface area contributed by atoms with Crippen molar-refractivity contribution in [1.82, 2.24) is 0 Å². The topological polar surface area (TPSA) is 52.3 Å². The second-order valence-electron chi connectivity index (χ2n) is 5.08. The molecule has 98 valence electrons. The molecular weight excluding hydrogens is 226 g/mol. The normalized spacial score (nSPS) is 17.6. The zero-order chi connectivity index (χ0) is 12.8. The molecule has 3 nitrogen and oxygen atoms in total. The maximum atomic E-state index is 11.8. The molecule has 1 aliphatic rings. The molecule has 0 spiro atoms. The molecule has 0 heterocycles. The minimum atomic E-state index is -0.547. The highest BCUT2D eigenvalue weighted by Crippen LogP contribution is 2.24. The van der Waals surface area contributed by atoms with Crippen molar-refractivity contribution in [3.8, 4) is 0 Å². The number of carbonyl (C=O) groups excluding carboxylic acids is 1. The monoisotopic (exact) mass is 247 g/mol. The van der Waals surface area contributed by atoms with Crippen molar-refractivity contribution >= 4 is 5.97 Å². The van der Waals surface area contributed by atoms with Crippen LogP contribution in [0.2, 0.25) is 0 Å². The summed E-state index contributed by atoms with van der Waals surface area (Å²) in [4.78, 5) is 11.8. The molecule has 0 amide bonds. The van der Waals surface area contributed by atoms with Gasteiger partial charge in [-0.05, 0) is 30.7 Å². The second kappa shape index (κ2) is 6.55. The Morgan fingerprint density at radius 1 is 1.28 bits per heavy atom. The number of ether oxygens (including phenoxy) is 1. The van der Waals surface area contributed by atoms with Gasteiger partial charge in [-0.1, -0.05) is 43.2 Å². The van der Waals surface area contributed by atoms with E-state index in [-0.39, 0.29) is 5.97 Å². The Kier molecular flexibility index (Phi) is 4.76. The molecule has 0 saturated heterocycles. The van der Waals surface area contributed by atoms with Gasteiger partial charge >= 0.3 is 5.97 Å². The van der Waals surface area contributed by atoms with E-state index >= 15 is 0 Å². The molecule has 2 rings (SSSR count). The third-order valence-electron chi connectivity index (χ3n) is 3.54. The van der Waals surface area contributed by atoms with E-state index in [4.69, 9.17) is 10.5 Å². The lowest BCUT2D eigenvalue weighted by Gasteiger charge is -2.14. The molecule has 18 heavy (non-hydrogen) atoms. The first-order valence-corrected chi connectivity index (χ1v) is 6.72. The molecule has 0 radical (unpaired) electrons. The molecule has 1 atom stereocenters. The van der Waals surface area contributed by atoms with E-state index in [1.54, 1.807) is 0 Å². The van der Waals surface area contributed by atoms with Crippen molar-refractivity contribution in [2.75, 3.05) is 6.61 Å². The van der Waals surface area contributed by atoms with Gasteiger partial charge in [0, 0.05) is 0 Å². The van der Waals surface area contributed by atoms with Crippen LogP contribution in [0.5, 0.6) is 0 Å². The molecule has 3 heteroatoms. The predicted octanol–water partition coefficient (Wildman–Crippen LogP) is 2.29. The van der Waals surface area contributed by atoms with E-state index in [0.717, 1.165) is 5.56 Å². The van der Waals surface area contributed by atoms with Gasteiger partial charge in [-0.2, -0.15) is 0 Å². The predicted molar refractivity (Wildman–Crippen MR) is 71.0 cm³/mol. The minimum absolute atomic E-state index is 0.272. The largest absolute Gasteiger partial charge is 0.464 e. The fourth-order valence-corrected chi connectivity index (χ4v) is 2.44. The first-order valence-electron chi connectivity index (χ1n) is 6.72. The van der Waals surface area contributed by atoms with Crippen molar-refractivity contribution in [1.29, 1.82) is 0 Å². The fraction of sp³-hybridized carbons (Fsp3) is 0.533. The van der Waals surface area contributed by atoms with Crippen LogP contribution in [-0.4, -0.2) is 18.6 Å². The summed E-state index contributed by atoms with van der Waals surface area (Å²) in [5.74, 6) is 0.281. The quantitative estimate of drug-likeness (QED) is 0.812. The average Bonchev–Trinajstić information content (AvgIpc) is 2.90. The van der Waals surface area contributed by atoms with E-state index < -0.39 is 6.04 Å². The lowest BCUT2D eigenvalue weighted by molar-refractivity contribution is -0.146. The summed E-state index contributed by atoms with van der Waals surface area (Å²) in [7, 11) is 0. The summed E-state index contributed by atoms with van der Waals surface area (Å²) in [6, 6.07) is 9.26. The van der Waals surface area contributed by atoms with E-state index in [9.17, 15) is 4.79 Å². The highest BCUT2D eigenvalue weighted by atomic mass is 16.5. The SMILES string of the molecule is N[C@@H](Cc1ccccc1)C(=O)OCC1CCCC1. The standard InChI is InChI=1S/C15H21NO2/c16-14(10-12-6-2-1-3-7-12)15(17)18-11-13-8-4-5-9-13/h1-3,6-7,13-14H,4-5,8-11,16H2/t14-/m0/s1. The first-order chi connectivity index (χ1) is 8.75. The van der Waals surface area contributed by atoms with Gasteiger partial charge in [0.2, 0.25) is 0 Å². The van der Waals surface area contributed by atoms with Gasteiger partial charge in [-0.25, -0.2) is 0 Å². The van der Waals surface area contributed by atoms with Crippen LogP contribution in [0.1, 0.15) is 31.2 Å². The number of hydrogen-bond donors (Lipinski definition) is 1. The lowest BCUT2D eigenvalue weighted by Crippen LogP contribution is -2.35. The zero-order valence-electron chi connectivity index (χ0n) is 10.7. The number of hydrogen-bond acceptors (Lipinski definition) is 3. The number of rotatable bonds is 5. The van der Waals surface area contributed by atoms with Crippen LogP contribution in [0.15, 0.2) is 30.3 Å². The summed E-state index contributed by atoms with van der Waals surface area (Å²) in [6.07, 6.45) is 5.43. The van der Waals surface area contributed by atoms with Crippen LogP contribution in [0, 0.1) is 5.92 Å². The van der Waals surface area contributed by atoms with E-state index in [0.29, 0.717) is 18.9 Å². The van der Waals surface area contributed by atoms with Gasteiger partial charge in [-0.3, -0.25) is 4.79 Å². The van der Waals surface area contributed by atoms with Gasteiger partial charge in [-0.15, -0.1) is 0 Å². The molecule has 1 saturated carbocycles. The van der Waals surface area contributed by atoms with E-state index in [1.807, 2.05) is 30.3 Å². The van der Waals surface area contributed by atoms with Gasteiger partial charge in [0.1, 0.15) is 6.04 Å². The Labute approximate surface area is 108 Å². The lowest BCUT2D eigenvalue weighted by atomic mass is 10.1. The maximum Gasteiger partial charge on any atom is 0.323 e. The summed E-state index contributed by atoms with van der Waals surface area (Å²) in [6.45, 7) is 0.543. The van der Waals surface area contributed by atoms with Gasteiger partial charge in [0.15, 0.2) is 0 Å². The Bertz CT molecular complexity index is 371. The van der Waals surface area contributed by atoms with Crippen LogP contribution in [0.3, 0.4) is 0 Å². The highest BCUT2D eigenvalue weighted by Gasteiger charge is 2.20. The van der Waals surface area contributed by atoms with Crippen LogP contribution in [0.25, 0.3) is 0 Å². The Morgan fingerprint density at radius 3 is 2.61 bits per heavy atom. The zero-order valence-corrected chi connectivity index (χ0v) is 10.7. The fourth-order valence-electron chi connectivity index (χ4n) is 2.44. The second-order valence-corrected chi connectivity index (χ2v) is 5.08. The number of carbonyl (C=O) groups is 1. The third-order valence-corrected chi connectivity index (χ3v) is 3.54. The molecule has 2 N–H and O–H groups in total. The summed E-state index contributed by atoms with van der Waals surface area (Å²) < 4.78 is 5.30. The molecule has 1 aliphatic carbocycles. The van der Waals surface area contributed by atoms with Crippen molar-refractivity contribution in [2.45, 2.75) is 38.1 Å². The molecular formula is C15H21NO2. The van der Waals surface area contributed by atoms with Crippen molar-refractivity contribution in [2.24, 2.45) is 11.7 Å². The van der Waals surface area contributed by atoms with Crippen LogP contribution >= 0.6 is 0 Å². The number of esters is 1. The molecule has 0 bridgehead atoms. The summed E-state index contributed by atoms with van der Waals surface area (Å²) in [5.41, 5.74) is 6.93. The molecule has 1 aromatic rings. The van der Waals surface area contributed by atoms with Crippen molar-refractivity contribution in [3.05, 3.63) is 35.9 Å². The Hall–Kier alpha value is -1.35. The van der Waals surface area contributed by atoms with E-state index in [1.165, 1.54) is 25.7 Å². The van der Waals surface area contributed by atoms with Crippen LogP contribution in [0.4, 0.5) is 0 Å². The van der Waals surface area contributed by atoms with Crippen molar-refractivity contribution in [3.63, 3.8) is 0 Å². The van der Waals surface area contributed by atoms with E-state index in [2.05, 4.69) is 0 Å². The molecule has 1 fully saturated rings. The van der Waals surface area contributed by atoms with Crippen molar-refractivity contribution < 1.29 is 9.53 Å². The van der Waals surface area contributed by atoms with Gasteiger partial charge in [0.05, 0.1) is 6.61 Å². The molecule has 0 aromatic heterocycles. The van der Waals surface area contributed by atoms with Crippen LogP contribution in [-0.2, 0) is 16.0 Å². The molecule has 0 aliphatic heterocycles. The molecule has 0 unspecified atom stereocenters. The summed E-state index contributed by atoms with van der Waals surface area (Å²) in [5, 5.41) is 0. The maximum absolute atomic E-state index is 11.8. The average molecular weight is 247 g/mol. The number of benzene rings is 1. The van der Waals surface area contributed by atoms with Gasteiger partial charge in [0.25, 0.3) is 0 Å². The first kappa shape index (κ1) is 13.1. The van der Waals surface area contributed by atoms with Crippen LogP contribution < -0.4 is 5.73 Å². The molecule has 1 aromatic carbocycles. The Morgan fingerprint density at radius 2 is 1.94 bits per heavy atom. The minimum Gasteiger partial charge on any atom is -0.464 e. The Balaban J connectivity index is 1.74. The smallest absolute Gasteiger partial charge is 0.323 e. The summed E-state index contributed by atoms with van der Waals surface area (Å²) >= 11 is 0. The highest BCUT2D eigenvalue weighted by molar-refractivity contribution is 5.75. The third kappa shape index (κ3) is 3.84. The number of nitrogens with two attached hydrogens (primary N) is 1. The van der Waals surface area contributed by atoms with Gasteiger partial charge < -0.3 is 10.5 Å².